The van der Waals surface area contributed by atoms with Crippen LogP contribution in [0, 0.1) is 5.82 Å². The smallest absolute Gasteiger partial charge is 0.238 e. The van der Waals surface area contributed by atoms with Crippen molar-refractivity contribution in [1.82, 2.24) is 4.90 Å². The number of nitrogens with two attached hydrogens (primary N) is 1. The van der Waals surface area contributed by atoms with E-state index in [0.29, 0.717) is 0 Å². The van der Waals surface area contributed by atoms with E-state index in [2.05, 4.69) is 5.32 Å². The van der Waals surface area contributed by atoms with Gasteiger partial charge in [-0.25, -0.2) is 4.39 Å². The Morgan fingerprint density at radius 1 is 1.42 bits per heavy atom. The highest BCUT2D eigenvalue weighted by molar-refractivity contribution is 5.95. The minimum absolute atomic E-state index is 0.00404. The van der Waals surface area contributed by atoms with Crippen molar-refractivity contribution in [2.45, 2.75) is 12.2 Å². The number of benzene rings is 1. The third-order valence-electron chi connectivity index (χ3n) is 2.99. The van der Waals surface area contributed by atoms with Crippen molar-refractivity contribution in [3.63, 3.8) is 0 Å². The Hall–Kier alpha value is -1.70. The molecule has 5 N–H and O–H groups in total. The van der Waals surface area contributed by atoms with Gasteiger partial charge in [-0.05, 0) is 18.2 Å². The molecule has 1 aromatic rings. The van der Waals surface area contributed by atoms with E-state index in [1.54, 1.807) is 4.90 Å². The molecular formula is C12H16FN3O3. The van der Waals surface area contributed by atoms with Gasteiger partial charge in [-0.3, -0.25) is 9.69 Å². The van der Waals surface area contributed by atoms with E-state index in [-0.39, 0.29) is 36.9 Å². The first-order valence-corrected chi connectivity index (χ1v) is 5.89. The molecule has 1 heterocycles. The fraction of sp³-hybridized carbons (Fsp3) is 0.417. The number of aliphatic hydroxyl groups is 2. The molecule has 1 amide bonds. The third-order valence-corrected chi connectivity index (χ3v) is 2.99. The Morgan fingerprint density at radius 2 is 2.05 bits per heavy atom. The Kier molecular flexibility index (Phi) is 3.98. The van der Waals surface area contributed by atoms with Crippen molar-refractivity contribution in [2.75, 3.05) is 30.7 Å². The molecule has 1 aliphatic heterocycles. The summed E-state index contributed by atoms with van der Waals surface area (Å²) >= 11 is 0. The number of likely N-dealkylation sites (tertiary alicyclic amines) is 1. The van der Waals surface area contributed by atoms with Crippen molar-refractivity contribution in [3.8, 4) is 0 Å². The summed E-state index contributed by atoms with van der Waals surface area (Å²) in [6.45, 7) is 0.463. The van der Waals surface area contributed by atoms with Gasteiger partial charge in [0.05, 0.1) is 30.1 Å². The molecule has 2 rings (SSSR count). The number of nitrogen functional groups attached to an aromatic ring is 1. The second-order valence-electron chi connectivity index (χ2n) is 4.61. The highest BCUT2D eigenvalue weighted by atomic mass is 19.1. The second kappa shape index (κ2) is 5.52. The van der Waals surface area contributed by atoms with Crippen LogP contribution in [-0.2, 0) is 4.79 Å². The number of rotatable bonds is 3. The summed E-state index contributed by atoms with van der Waals surface area (Å²) in [7, 11) is 0. The molecule has 104 valence electrons. The maximum Gasteiger partial charge on any atom is 0.238 e. The number of halogens is 1. The fourth-order valence-corrected chi connectivity index (χ4v) is 2.01. The maximum atomic E-state index is 13.0. The standard InChI is InChI=1S/C12H16FN3O3/c13-7-1-2-8(14)9(3-7)15-12(19)6-16-4-10(17)11(18)5-16/h1-3,10-11,17-18H,4-6,14H2,(H,15,19). The summed E-state index contributed by atoms with van der Waals surface area (Å²) in [4.78, 5) is 13.4. The predicted molar refractivity (Wildman–Crippen MR) is 67.9 cm³/mol. The minimum atomic E-state index is -0.841. The molecular weight excluding hydrogens is 253 g/mol. The molecule has 1 saturated heterocycles. The van der Waals surface area contributed by atoms with E-state index >= 15 is 0 Å². The number of hydrogen-bond acceptors (Lipinski definition) is 5. The maximum absolute atomic E-state index is 13.0. The van der Waals surface area contributed by atoms with E-state index in [1.807, 2.05) is 0 Å². The van der Waals surface area contributed by atoms with Crippen molar-refractivity contribution in [3.05, 3.63) is 24.0 Å². The van der Waals surface area contributed by atoms with E-state index in [4.69, 9.17) is 5.73 Å². The number of nitrogens with zero attached hydrogens (tertiary/aromatic N) is 1. The average Bonchev–Trinajstić information content (AvgIpc) is 2.63. The van der Waals surface area contributed by atoms with Crippen LogP contribution < -0.4 is 11.1 Å². The van der Waals surface area contributed by atoms with E-state index in [0.717, 1.165) is 6.07 Å². The van der Waals surface area contributed by atoms with Gasteiger partial charge < -0.3 is 21.3 Å². The molecule has 0 saturated carbocycles. The van der Waals surface area contributed by atoms with E-state index in [1.165, 1.54) is 12.1 Å². The van der Waals surface area contributed by atoms with Gasteiger partial charge in [0.25, 0.3) is 0 Å². The van der Waals surface area contributed by atoms with Crippen LogP contribution in [0.15, 0.2) is 18.2 Å². The molecule has 0 spiro atoms. The van der Waals surface area contributed by atoms with Crippen LogP contribution in [-0.4, -0.2) is 52.9 Å². The molecule has 7 heteroatoms. The normalized spacial score (nSPS) is 23.5. The van der Waals surface area contributed by atoms with Gasteiger partial charge >= 0.3 is 0 Å². The second-order valence-corrected chi connectivity index (χ2v) is 4.61. The molecule has 19 heavy (non-hydrogen) atoms. The van der Waals surface area contributed by atoms with Crippen LogP contribution in [0.4, 0.5) is 15.8 Å². The number of carbonyl (C=O) groups is 1. The quantitative estimate of drug-likeness (QED) is 0.548. The summed E-state index contributed by atoms with van der Waals surface area (Å²) in [5, 5.41) is 21.2. The van der Waals surface area contributed by atoms with Crippen molar-refractivity contribution < 1.29 is 19.4 Å². The minimum Gasteiger partial charge on any atom is -0.397 e. The molecule has 2 unspecified atom stereocenters. The monoisotopic (exact) mass is 269 g/mol. The van der Waals surface area contributed by atoms with Gasteiger partial charge in [0.15, 0.2) is 0 Å². The molecule has 0 bridgehead atoms. The van der Waals surface area contributed by atoms with Gasteiger partial charge in [-0.1, -0.05) is 0 Å². The fourth-order valence-electron chi connectivity index (χ4n) is 2.01. The molecule has 0 radical (unpaired) electrons. The summed E-state index contributed by atoms with van der Waals surface area (Å²) < 4.78 is 13.0. The molecule has 1 aromatic carbocycles. The predicted octanol–water partition coefficient (Wildman–Crippen LogP) is -0.616. The summed E-state index contributed by atoms with van der Waals surface area (Å²) in [6.07, 6.45) is -1.68. The number of aliphatic hydroxyl groups excluding tert-OH is 2. The van der Waals surface area contributed by atoms with Crippen LogP contribution >= 0.6 is 0 Å². The first-order chi connectivity index (χ1) is 8.95. The number of β-amino-alcohol motifs (C(OH)–C–C–N with tert-alkyl or cyclic N) is 2. The van der Waals surface area contributed by atoms with Crippen LogP contribution in [0.5, 0.6) is 0 Å². The van der Waals surface area contributed by atoms with Gasteiger partial charge in [0, 0.05) is 13.1 Å². The highest BCUT2D eigenvalue weighted by Gasteiger charge is 2.30. The van der Waals surface area contributed by atoms with Crippen LogP contribution in [0.1, 0.15) is 0 Å². The SMILES string of the molecule is Nc1ccc(F)cc1NC(=O)CN1CC(O)C(O)C1. The topological polar surface area (TPSA) is 98.8 Å². The van der Waals surface area contributed by atoms with Crippen molar-refractivity contribution >= 4 is 17.3 Å². The van der Waals surface area contributed by atoms with E-state index < -0.39 is 18.0 Å². The van der Waals surface area contributed by atoms with Crippen LogP contribution in [0.2, 0.25) is 0 Å². The summed E-state index contributed by atoms with van der Waals surface area (Å²) in [5.41, 5.74) is 6.10. The summed E-state index contributed by atoms with van der Waals surface area (Å²) in [6, 6.07) is 3.72. The van der Waals surface area contributed by atoms with Crippen LogP contribution in [0.25, 0.3) is 0 Å². The number of amides is 1. The third kappa shape index (κ3) is 3.40. The zero-order valence-corrected chi connectivity index (χ0v) is 10.2. The number of carbonyl (C=O) groups excluding carboxylic acids is 1. The lowest BCUT2D eigenvalue weighted by Crippen LogP contribution is -2.32. The van der Waals surface area contributed by atoms with E-state index in [9.17, 15) is 19.4 Å². The zero-order chi connectivity index (χ0) is 14.0. The first kappa shape index (κ1) is 13.7. The Balaban J connectivity index is 1.93. The van der Waals surface area contributed by atoms with Crippen LogP contribution in [0.3, 0.4) is 0 Å². The number of nitrogens with one attached hydrogen (secondary N) is 1. The lowest BCUT2D eigenvalue weighted by atomic mass is 10.2. The molecule has 0 aliphatic carbocycles. The summed E-state index contributed by atoms with van der Waals surface area (Å²) in [5.74, 6) is -0.866. The number of anilines is 2. The lowest BCUT2D eigenvalue weighted by Gasteiger charge is -2.15. The van der Waals surface area contributed by atoms with Crippen molar-refractivity contribution in [2.24, 2.45) is 0 Å². The molecule has 1 aliphatic rings. The lowest BCUT2D eigenvalue weighted by molar-refractivity contribution is -0.117. The van der Waals surface area contributed by atoms with Gasteiger partial charge in [-0.2, -0.15) is 0 Å². The highest BCUT2D eigenvalue weighted by Crippen LogP contribution is 2.19. The Morgan fingerprint density at radius 3 is 2.68 bits per heavy atom. The molecule has 2 atom stereocenters. The average molecular weight is 269 g/mol. The van der Waals surface area contributed by atoms with Gasteiger partial charge in [-0.15, -0.1) is 0 Å². The van der Waals surface area contributed by atoms with Gasteiger partial charge in [0.1, 0.15) is 5.82 Å². The molecule has 1 fully saturated rings. The van der Waals surface area contributed by atoms with Crippen molar-refractivity contribution in [1.29, 1.82) is 0 Å². The Labute approximate surface area is 109 Å². The largest absolute Gasteiger partial charge is 0.397 e. The molecule has 6 nitrogen and oxygen atoms in total. The molecule has 0 aromatic heterocycles. The first-order valence-electron chi connectivity index (χ1n) is 5.89. The number of hydrogen-bond donors (Lipinski definition) is 4. The van der Waals surface area contributed by atoms with Gasteiger partial charge in [0.2, 0.25) is 5.91 Å². The Bertz CT molecular complexity index is 473. The zero-order valence-electron chi connectivity index (χ0n) is 10.2.